The molecule has 6 heteroatoms. The number of carbonyl (C=O) groups excluding carboxylic acids is 1. The van der Waals surface area contributed by atoms with Gasteiger partial charge in [0, 0.05) is 19.7 Å². The number of carboxylic acid groups (broad SMARTS) is 1. The molecule has 20 heavy (non-hydrogen) atoms. The highest BCUT2D eigenvalue weighted by atomic mass is 16.5. The Balaban J connectivity index is 3.14. The highest BCUT2D eigenvalue weighted by molar-refractivity contribution is 5.99. The maximum atomic E-state index is 12.2. The molecule has 1 aromatic heterocycles. The Hall–Kier alpha value is -1.85. The molecule has 0 saturated heterocycles. The van der Waals surface area contributed by atoms with E-state index in [2.05, 4.69) is 5.10 Å². The average Bonchev–Trinajstić information content (AvgIpc) is 2.73. The van der Waals surface area contributed by atoms with Gasteiger partial charge in [0.15, 0.2) is 5.41 Å². The van der Waals surface area contributed by atoms with Crippen LogP contribution in [0.2, 0.25) is 0 Å². The van der Waals surface area contributed by atoms with Gasteiger partial charge in [-0.25, -0.2) is 0 Å². The summed E-state index contributed by atoms with van der Waals surface area (Å²) in [7, 11) is 1.75. The van der Waals surface area contributed by atoms with Crippen LogP contribution < -0.4 is 0 Å². The Bertz CT molecular complexity index is 481. The first-order chi connectivity index (χ1) is 9.31. The number of nitrogens with zero attached hydrogens (tertiary/aromatic N) is 2. The van der Waals surface area contributed by atoms with Crippen LogP contribution in [0.4, 0.5) is 0 Å². The Labute approximate surface area is 118 Å². The van der Waals surface area contributed by atoms with E-state index >= 15 is 0 Å². The van der Waals surface area contributed by atoms with Crippen LogP contribution in [0.5, 0.6) is 0 Å². The van der Waals surface area contributed by atoms with Crippen molar-refractivity contribution in [2.75, 3.05) is 6.61 Å². The quantitative estimate of drug-likeness (QED) is 0.607. The van der Waals surface area contributed by atoms with E-state index in [-0.39, 0.29) is 25.4 Å². The second-order valence-electron chi connectivity index (χ2n) is 5.40. The van der Waals surface area contributed by atoms with Crippen LogP contribution in [0.1, 0.15) is 32.8 Å². The fourth-order valence-electron chi connectivity index (χ4n) is 2.36. The second kappa shape index (κ2) is 6.54. The maximum absolute atomic E-state index is 12.2. The van der Waals surface area contributed by atoms with Crippen LogP contribution in [0.15, 0.2) is 12.4 Å². The molecule has 1 aromatic rings. The van der Waals surface area contributed by atoms with Gasteiger partial charge in [-0.05, 0) is 24.8 Å². The van der Waals surface area contributed by atoms with Crippen LogP contribution in [0, 0.1) is 11.3 Å². The summed E-state index contributed by atoms with van der Waals surface area (Å²) in [5, 5.41) is 13.6. The Morgan fingerprint density at radius 3 is 2.55 bits per heavy atom. The number of carboxylic acids is 1. The first-order valence-corrected chi connectivity index (χ1v) is 6.70. The molecule has 0 aliphatic heterocycles. The zero-order valence-corrected chi connectivity index (χ0v) is 12.4. The molecule has 112 valence electrons. The van der Waals surface area contributed by atoms with Gasteiger partial charge >= 0.3 is 11.9 Å². The zero-order chi connectivity index (χ0) is 15.3. The van der Waals surface area contributed by atoms with Gasteiger partial charge in [-0.1, -0.05) is 13.8 Å². The highest BCUT2D eigenvalue weighted by Crippen LogP contribution is 2.33. The summed E-state index contributed by atoms with van der Waals surface area (Å²) in [5.74, 6) is -1.76. The summed E-state index contributed by atoms with van der Waals surface area (Å²) in [5.41, 5.74) is -0.837. The first kappa shape index (κ1) is 16.2. The van der Waals surface area contributed by atoms with Gasteiger partial charge in [-0.15, -0.1) is 0 Å². The number of esters is 1. The summed E-state index contributed by atoms with van der Waals surface area (Å²) < 4.78 is 6.59. The Kier molecular flexibility index (Phi) is 5.30. The number of aromatic nitrogens is 2. The molecular weight excluding hydrogens is 260 g/mol. The third-order valence-electron chi connectivity index (χ3n) is 3.10. The molecular formula is C14H22N2O4. The third kappa shape index (κ3) is 3.59. The zero-order valence-electron chi connectivity index (χ0n) is 12.4. The Morgan fingerprint density at radius 2 is 2.15 bits per heavy atom. The van der Waals surface area contributed by atoms with Crippen LogP contribution in [0.25, 0.3) is 0 Å². The van der Waals surface area contributed by atoms with Gasteiger partial charge in [-0.3, -0.25) is 14.3 Å². The smallest absolute Gasteiger partial charge is 0.323 e. The lowest BCUT2D eigenvalue weighted by molar-refractivity contribution is -0.170. The van der Waals surface area contributed by atoms with Gasteiger partial charge in [0.25, 0.3) is 0 Å². The van der Waals surface area contributed by atoms with Gasteiger partial charge in [-0.2, -0.15) is 5.10 Å². The molecule has 1 atom stereocenters. The molecule has 0 aromatic carbocycles. The van der Waals surface area contributed by atoms with Gasteiger partial charge < -0.3 is 9.84 Å². The molecule has 1 rings (SSSR count). The SMILES string of the molecule is CCOC(=O)C(Cc1cnn(C)c1)(CC(C)C)C(=O)O. The fourth-order valence-corrected chi connectivity index (χ4v) is 2.36. The van der Waals surface area contributed by atoms with Crippen molar-refractivity contribution in [3.05, 3.63) is 18.0 Å². The van der Waals surface area contributed by atoms with Crippen molar-refractivity contribution in [1.29, 1.82) is 0 Å². The number of rotatable bonds is 7. The van der Waals surface area contributed by atoms with Crippen molar-refractivity contribution < 1.29 is 19.4 Å². The number of ether oxygens (including phenoxy) is 1. The second-order valence-corrected chi connectivity index (χ2v) is 5.40. The summed E-state index contributed by atoms with van der Waals surface area (Å²) in [6.45, 7) is 5.61. The molecule has 0 amide bonds. The standard InChI is InChI=1S/C14H22N2O4/c1-5-20-13(19)14(12(17)18,6-10(2)3)7-11-8-15-16(4)9-11/h8-10H,5-7H2,1-4H3,(H,17,18). The normalized spacial score (nSPS) is 14.1. The lowest BCUT2D eigenvalue weighted by Gasteiger charge is -2.28. The lowest BCUT2D eigenvalue weighted by atomic mass is 9.75. The average molecular weight is 282 g/mol. The number of aliphatic carboxylic acids is 1. The highest BCUT2D eigenvalue weighted by Gasteiger charge is 2.48. The molecule has 0 bridgehead atoms. The predicted octanol–water partition coefficient (Wildman–Crippen LogP) is 1.64. The van der Waals surface area contributed by atoms with Crippen LogP contribution in [0.3, 0.4) is 0 Å². The lowest BCUT2D eigenvalue weighted by Crippen LogP contribution is -2.43. The molecule has 0 radical (unpaired) electrons. The monoisotopic (exact) mass is 282 g/mol. The van der Waals surface area contributed by atoms with E-state index in [0.29, 0.717) is 5.56 Å². The number of hydrogen-bond donors (Lipinski definition) is 1. The van der Waals surface area contributed by atoms with Crippen LogP contribution in [-0.2, 0) is 27.8 Å². The van der Waals surface area contributed by atoms with E-state index in [1.165, 1.54) is 0 Å². The molecule has 1 N–H and O–H groups in total. The first-order valence-electron chi connectivity index (χ1n) is 6.70. The van der Waals surface area contributed by atoms with E-state index in [0.717, 1.165) is 0 Å². The molecule has 0 saturated carbocycles. The summed E-state index contributed by atoms with van der Waals surface area (Å²) in [6.07, 6.45) is 3.62. The minimum atomic E-state index is -1.55. The molecule has 1 unspecified atom stereocenters. The topological polar surface area (TPSA) is 81.4 Å². The summed E-state index contributed by atoms with van der Waals surface area (Å²) >= 11 is 0. The maximum Gasteiger partial charge on any atom is 0.323 e. The number of carbonyl (C=O) groups is 2. The van der Waals surface area contributed by atoms with E-state index in [1.54, 1.807) is 31.0 Å². The van der Waals surface area contributed by atoms with E-state index in [9.17, 15) is 14.7 Å². The van der Waals surface area contributed by atoms with E-state index in [4.69, 9.17) is 4.74 Å². The van der Waals surface area contributed by atoms with Crippen molar-refractivity contribution >= 4 is 11.9 Å². The number of aryl methyl sites for hydroxylation is 1. The van der Waals surface area contributed by atoms with Gasteiger partial charge in [0.05, 0.1) is 12.8 Å². The van der Waals surface area contributed by atoms with E-state index in [1.807, 2.05) is 13.8 Å². The summed E-state index contributed by atoms with van der Waals surface area (Å²) in [6, 6.07) is 0. The molecule has 0 spiro atoms. The molecule has 1 heterocycles. The minimum Gasteiger partial charge on any atom is -0.480 e. The van der Waals surface area contributed by atoms with Crippen LogP contribution >= 0.6 is 0 Å². The Morgan fingerprint density at radius 1 is 1.50 bits per heavy atom. The summed E-state index contributed by atoms with van der Waals surface area (Å²) in [4.78, 5) is 24.0. The van der Waals surface area contributed by atoms with Crippen molar-refractivity contribution in [2.45, 2.75) is 33.6 Å². The molecule has 0 aliphatic rings. The van der Waals surface area contributed by atoms with Crippen molar-refractivity contribution in [1.82, 2.24) is 9.78 Å². The number of hydrogen-bond acceptors (Lipinski definition) is 4. The largest absolute Gasteiger partial charge is 0.480 e. The van der Waals surface area contributed by atoms with Gasteiger partial charge in [0.2, 0.25) is 0 Å². The van der Waals surface area contributed by atoms with Gasteiger partial charge in [0.1, 0.15) is 0 Å². The molecule has 0 fully saturated rings. The third-order valence-corrected chi connectivity index (χ3v) is 3.10. The van der Waals surface area contributed by atoms with Crippen molar-refractivity contribution in [3.63, 3.8) is 0 Å². The molecule has 6 nitrogen and oxygen atoms in total. The van der Waals surface area contributed by atoms with Crippen LogP contribution in [-0.4, -0.2) is 33.4 Å². The minimum absolute atomic E-state index is 0.0622. The van der Waals surface area contributed by atoms with Crippen molar-refractivity contribution in [2.24, 2.45) is 18.4 Å². The molecule has 0 aliphatic carbocycles. The van der Waals surface area contributed by atoms with Crippen molar-refractivity contribution in [3.8, 4) is 0 Å². The predicted molar refractivity (Wildman–Crippen MR) is 73.1 cm³/mol. The fraction of sp³-hybridized carbons (Fsp3) is 0.643. The van der Waals surface area contributed by atoms with E-state index < -0.39 is 17.4 Å².